The highest BCUT2D eigenvalue weighted by Gasteiger charge is 2.12. The van der Waals surface area contributed by atoms with Crippen LogP contribution in [0.5, 0.6) is 0 Å². The minimum absolute atomic E-state index is 0.194. The average molecular weight is 335 g/mol. The first kappa shape index (κ1) is 15.1. The van der Waals surface area contributed by atoms with Crippen molar-refractivity contribution in [1.82, 2.24) is 14.9 Å². The van der Waals surface area contributed by atoms with Crippen LogP contribution in [-0.2, 0) is 0 Å². The summed E-state index contributed by atoms with van der Waals surface area (Å²) in [6.45, 7) is 3.86. The van der Waals surface area contributed by atoms with Gasteiger partial charge >= 0.3 is 0 Å². The van der Waals surface area contributed by atoms with Crippen LogP contribution < -0.4 is 10.5 Å². The molecule has 1 fully saturated rings. The minimum Gasteiger partial charge on any atom is -0.363 e. The van der Waals surface area contributed by atoms with E-state index in [0.29, 0.717) is 5.69 Å². The fourth-order valence-corrected chi connectivity index (χ4v) is 3.49. The van der Waals surface area contributed by atoms with Gasteiger partial charge in [-0.05, 0) is 50.5 Å². The van der Waals surface area contributed by atoms with Gasteiger partial charge in [0.1, 0.15) is 5.69 Å². The van der Waals surface area contributed by atoms with Gasteiger partial charge < -0.3 is 4.90 Å². The summed E-state index contributed by atoms with van der Waals surface area (Å²) in [7, 11) is 0. The monoisotopic (exact) mass is 335 g/mol. The molecule has 1 aliphatic rings. The van der Waals surface area contributed by atoms with Crippen molar-refractivity contribution in [3.05, 3.63) is 37.8 Å². The first-order chi connectivity index (χ1) is 10.6. The zero-order valence-corrected chi connectivity index (χ0v) is 13.9. The summed E-state index contributed by atoms with van der Waals surface area (Å²) in [6.07, 6.45) is 5.49. The van der Waals surface area contributed by atoms with Gasteiger partial charge in [0.05, 0.1) is 11.2 Å². The Bertz CT molecular complexity index is 798. The number of anilines is 1. The number of rotatable bonds is 3. The molecule has 6 nitrogen and oxygen atoms in total. The molecule has 2 aromatic heterocycles. The van der Waals surface area contributed by atoms with Gasteiger partial charge in [0, 0.05) is 18.0 Å². The maximum Gasteiger partial charge on any atom is 0.296 e. The number of thiophene rings is 1. The molecule has 22 heavy (non-hydrogen) atoms. The lowest BCUT2D eigenvalue weighted by Crippen LogP contribution is -2.28. The van der Waals surface area contributed by atoms with E-state index in [1.165, 1.54) is 24.3 Å². The van der Waals surface area contributed by atoms with Crippen molar-refractivity contribution in [2.24, 2.45) is 5.10 Å². The van der Waals surface area contributed by atoms with Crippen molar-refractivity contribution in [3.63, 3.8) is 0 Å². The smallest absolute Gasteiger partial charge is 0.296 e. The molecule has 0 spiro atoms. The highest BCUT2D eigenvalue weighted by molar-refractivity contribution is 7.71. The number of aromatic nitrogens is 3. The van der Waals surface area contributed by atoms with Gasteiger partial charge in [-0.2, -0.15) is 14.9 Å². The Kier molecular flexibility index (Phi) is 4.49. The molecular formula is C14H17N5OS2. The van der Waals surface area contributed by atoms with Crippen molar-refractivity contribution < 1.29 is 0 Å². The molecule has 1 N–H and O–H groups in total. The summed E-state index contributed by atoms with van der Waals surface area (Å²) in [5.41, 5.74) is 0.0405. The van der Waals surface area contributed by atoms with Crippen LogP contribution in [0.1, 0.15) is 29.8 Å². The van der Waals surface area contributed by atoms with Crippen molar-refractivity contribution in [1.29, 1.82) is 0 Å². The summed E-state index contributed by atoms with van der Waals surface area (Å²) in [6, 6.07) is 4.13. The van der Waals surface area contributed by atoms with Gasteiger partial charge in [-0.3, -0.25) is 9.89 Å². The van der Waals surface area contributed by atoms with E-state index in [9.17, 15) is 4.79 Å². The van der Waals surface area contributed by atoms with Crippen molar-refractivity contribution in [2.45, 2.75) is 26.2 Å². The fraction of sp³-hybridized carbons (Fsp3) is 0.429. The molecule has 0 aliphatic carbocycles. The SMILES string of the molecule is Cc1n[nH]c(=S)n(/N=C\c2ccc(N3CCCCC3)s2)c1=O. The quantitative estimate of drug-likeness (QED) is 0.691. The number of nitrogens with zero attached hydrogens (tertiary/aromatic N) is 4. The summed E-state index contributed by atoms with van der Waals surface area (Å²) in [4.78, 5) is 15.4. The Morgan fingerprint density at radius 1 is 1.36 bits per heavy atom. The molecular weight excluding hydrogens is 318 g/mol. The van der Waals surface area contributed by atoms with Gasteiger partial charge in [-0.25, -0.2) is 0 Å². The molecule has 116 valence electrons. The molecule has 3 rings (SSSR count). The van der Waals surface area contributed by atoms with Crippen LogP contribution in [-0.4, -0.2) is 34.2 Å². The van der Waals surface area contributed by atoms with E-state index in [1.54, 1.807) is 24.5 Å². The van der Waals surface area contributed by atoms with Crippen LogP contribution >= 0.6 is 23.6 Å². The van der Waals surface area contributed by atoms with E-state index >= 15 is 0 Å². The zero-order valence-electron chi connectivity index (χ0n) is 12.3. The average Bonchev–Trinajstić information content (AvgIpc) is 3.01. The van der Waals surface area contributed by atoms with Gasteiger partial charge in [-0.1, -0.05) is 0 Å². The molecule has 0 saturated carbocycles. The third-order valence-electron chi connectivity index (χ3n) is 3.59. The number of hydrogen-bond acceptors (Lipinski definition) is 6. The Balaban J connectivity index is 1.82. The van der Waals surface area contributed by atoms with E-state index in [0.717, 1.165) is 22.6 Å². The van der Waals surface area contributed by atoms with Crippen LogP contribution in [0.3, 0.4) is 0 Å². The van der Waals surface area contributed by atoms with E-state index in [4.69, 9.17) is 12.2 Å². The lowest BCUT2D eigenvalue weighted by atomic mass is 10.1. The molecule has 0 aromatic carbocycles. The number of aromatic amines is 1. The lowest BCUT2D eigenvalue weighted by Gasteiger charge is -2.27. The number of aryl methyl sites for hydroxylation is 1. The minimum atomic E-state index is -0.298. The Labute approximate surface area is 137 Å². The summed E-state index contributed by atoms with van der Waals surface area (Å²) < 4.78 is 1.36. The molecule has 1 aliphatic heterocycles. The van der Waals surface area contributed by atoms with Gasteiger partial charge in [0.15, 0.2) is 0 Å². The first-order valence-electron chi connectivity index (χ1n) is 7.22. The second-order valence-corrected chi connectivity index (χ2v) is 6.68. The molecule has 3 heterocycles. The summed E-state index contributed by atoms with van der Waals surface area (Å²) in [5, 5.41) is 11.9. The van der Waals surface area contributed by atoms with Crippen molar-refractivity contribution in [3.8, 4) is 0 Å². The van der Waals surface area contributed by atoms with E-state index in [2.05, 4.69) is 26.3 Å². The molecule has 0 radical (unpaired) electrons. The Morgan fingerprint density at radius 2 is 2.14 bits per heavy atom. The third-order valence-corrected chi connectivity index (χ3v) is 4.94. The largest absolute Gasteiger partial charge is 0.363 e. The van der Waals surface area contributed by atoms with Crippen molar-refractivity contribution in [2.75, 3.05) is 18.0 Å². The van der Waals surface area contributed by atoms with Gasteiger partial charge in [0.25, 0.3) is 5.56 Å². The molecule has 8 heteroatoms. The van der Waals surface area contributed by atoms with Crippen LogP contribution in [0.15, 0.2) is 22.0 Å². The number of hydrogen-bond donors (Lipinski definition) is 1. The summed E-state index contributed by atoms with van der Waals surface area (Å²) in [5.74, 6) is 0. The van der Waals surface area contributed by atoms with Gasteiger partial charge in [-0.15, -0.1) is 11.3 Å². The fourth-order valence-electron chi connectivity index (χ4n) is 2.39. The van der Waals surface area contributed by atoms with Crippen LogP contribution in [0, 0.1) is 11.7 Å². The standard InChI is InChI=1S/C14H17N5OS2/c1-10-13(20)19(14(21)17-16-10)15-9-11-5-6-12(22-11)18-7-3-2-4-8-18/h5-6,9H,2-4,7-8H2,1H3,(H,17,21)/b15-9-. The highest BCUT2D eigenvalue weighted by Crippen LogP contribution is 2.27. The molecule has 0 amide bonds. The normalized spacial score (nSPS) is 15.6. The molecule has 1 saturated heterocycles. The topological polar surface area (TPSA) is 66.3 Å². The number of nitrogens with one attached hydrogen (secondary N) is 1. The highest BCUT2D eigenvalue weighted by atomic mass is 32.1. The maximum atomic E-state index is 12.0. The van der Waals surface area contributed by atoms with Gasteiger partial charge in [0.2, 0.25) is 4.77 Å². The second-order valence-electron chi connectivity index (χ2n) is 5.20. The van der Waals surface area contributed by atoms with Crippen LogP contribution in [0.25, 0.3) is 0 Å². The lowest BCUT2D eigenvalue weighted by molar-refractivity contribution is 0.580. The maximum absolute atomic E-state index is 12.0. The van der Waals surface area contributed by atoms with Crippen molar-refractivity contribution >= 4 is 34.8 Å². The Hall–Kier alpha value is -1.80. The van der Waals surface area contributed by atoms with E-state index in [-0.39, 0.29) is 10.3 Å². The predicted octanol–water partition coefficient (Wildman–Crippen LogP) is 2.54. The number of H-pyrrole nitrogens is 1. The molecule has 0 unspecified atom stereocenters. The predicted molar refractivity (Wildman–Crippen MR) is 91.8 cm³/mol. The molecule has 0 atom stereocenters. The zero-order chi connectivity index (χ0) is 15.5. The summed E-state index contributed by atoms with van der Waals surface area (Å²) >= 11 is 6.72. The molecule has 2 aromatic rings. The Morgan fingerprint density at radius 3 is 2.91 bits per heavy atom. The van der Waals surface area contributed by atoms with Crippen LogP contribution in [0.4, 0.5) is 5.00 Å². The van der Waals surface area contributed by atoms with Crippen LogP contribution in [0.2, 0.25) is 0 Å². The second kappa shape index (κ2) is 6.53. The van der Waals surface area contributed by atoms with E-state index in [1.807, 2.05) is 6.07 Å². The first-order valence-corrected chi connectivity index (χ1v) is 8.45. The van der Waals surface area contributed by atoms with E-state index < -0.39 is 0 Å². The third kappa shape index (κ3) is 3.17. The molecule has 0 bridgehead atoms. The number of piperidine rings is 1.